The number of hydrogen-bond donors (Lipinski definition) is 1. The van der Waals surface area contributed by atoms with Gasteiger partial charge in [-0.25, -0.2) is 0 Å². The zero-order chi connectivity index (χ0) is 17.1. The first kappa shape index (κ1) is 17.8. The number of piperidine rings is 1. The molecule has 1 aliphatic carbocycles. The molecule has 24 heavy (non-hydrogen) atoms. The summed E-state index contributed by atoms with van der Waals surface area (Å²) in [6.07, 6.45) is 5.94. The summed E-state index contributed by atoms with van der Waals surface area (Å²) in [5.74, 6) is 1.41. The van der Waals surface area contributed by atoms with Gasteiger partial charge in [-0.2, -0.15) is 0 Å². The van der Waals surface area contributed by atoms with Crippen molar-refractivity contribution in [2.75, 3.05) is 13.1 Å². The molecule has 1 N–H and O–H groups in total. The highest BCUT2D eigenvalue weighted by atomic mass is 35.5. The van der Waals surface area contributed by atoms with Crippen molar-refractivity contribution in [2.45, 2.75) is 58.0 Å². The van der Waals surface area contributed by atoms with Gasteiger partial charge in [-0.05, 0) is 48.8 Å². The normalized spacial score (nSPS) is 27.1. The minimum absolute atomic E-state index is 0.158. The van der Waals surface area contributed by atoms with Gasteiger partial charge in [0.15, 0.2) is 0 Å². The van der Waals surface area contributed by atoms with Crippen molar-refractivity contribution in [3.05, 3.63) is 34.9 Å². The average Bonchev–Trinajstić information content (AvgIpc) is 3.01. The molecule has 0 unspecified atom stereocenters. The minimum Gasteiger partial charge on any atom is -0.352 e. The molecule has 3 atom stereocenters. The van der Waals surface area contributed by atoms with E-state index in [4.69, 9.17) is 11.6 Å². The molecule has 1 aliphatic heterocycles. The van der Waals surface area contributed by atoms with Crippen LogP contribution in [0.2, 0.25) is 5.02 Å². The van der Waals surface area contributed by atoms with Crippen LogP contribution in [0.15, 0.2) is 24.3 Å². The number of hydrogen-bond acceptors (Lipinski definition) is 2. The molecule has 2 aliphatic rings. The zero-order valence-electron chi connectivity index (χ0n) is 14.8. The second kappa shape index (κ2) is 7.88. The van der Waals surface area contributed by atoms with Crippen molar-refractivity contribution in [1.82, 2.24) is 10.2 Å². The van der Waals surface area contributed by atoms with Gasteiger partial charge in [0.1, 0.15) is 6.04 Å². The lowest BCUT2D eigenvalue weighted by atomic mass is 9.89. The first-order valence-corrected chi connectivity index (χ1v) is 9.70. The van der Waals surface area contributed by atoms with Gasteiger partial charge in [-0.15, -0.1) is 0 Å². The van der Waals surface area contributed by atoms with Gasteiger partial charge in [0.25, 0.3) is 0 Å². The van der Waals surface area contributed by atoms with Crippen molar-refractivity contribution in [1.29, 1.82) is 0 Å². The van der Waals surface area contributed by atoms with Crippen LogP contribution in [0.3, 0.4) is 0 Å². The maximum absolute atomic E-state index is 13.1. The highest BCUT2D eigenvalue weighted by molar-refractivity contribution is 6.30. The van der Waals surface area contributed by atoms with Crippen LogP contribution in [-0.2, 0) is 4.79 Å². The molecule has 1 saturated carbocycles. The molecule has 4 heteroatoms. The summed E-state index contributed by atoms with van der Waals surface area (Å²) in [7, 11) is 0. The van der Waals surface area contributed by atoms with E-state index < -0.39 is 0 Å². The summed E-state index contributed by atoms with van der Waals surface area (Å²) in [5.41, 5.74) is 1.05. The van der Waals surface area contributed by atoms with Crippen molar-refractivity contribution in [3.8, 4) is 0 Å². The Hall–Kier alpha value is -1.06. The van der Waals surface area contributed by atoms with Crippen LogP contribution >= 0.6 is 11.6 Å². The average molecular weight is 349 g/mol. The van der Waals surface area contributed by atoms with Gasteiger partial charge in [-0.3, -0.25) is 9.69 Å². The smallest absolute Gasteiger partial charge is 0.242 e. The largest absolute Gasteiger partial charge is 0.352 e. The second-order valence-electron chi connectivity index (χ2n) is 7.84. The van der Waals surface area contributed by atoms with Gasteiger partial charge in [-0.1, -0.05) is 50.4 Å². The molecule has 1 heterocycles. The van der Waals surface area contributed by atoms with Crippen LogP contribution in [0, 0.1) is 11.8 Å². The number of likely N-dealkylation sites (tertiary alicyclic amines) is 1. The molecule has 2 fully saturated rings. The van der Waals surface area contributed by atoms with Crippen molar-refractivity contribution < 1.29 is 4.79 Å². The van der Waals surface area contributed by atoms with Crippen molar-refractivity contribution in [3.63, 3.8) is 0 Å². The fourth-order valence-electron chi connectivity index (χ4n) is 4.45. The zero-order valence-corrected chi connectivity index (χ0v) is 15.6. The first-order chi connectivity index (χ1) is 11.5. The molecular weight excluding hydrogens is 320 g/mol. The van der Waals surface area contributed by atoms with E-state index in [1.165, 1.54) is 19.3 Å². The van der Waals surface area contributed by atoms with E-state index in [2.05, 4.69) is 24.1 Å². The molecule has 3 rings (SSSR count). The molecule has 1 aromatic rings. The van der Waals surface area contributed by atoms with E-state index in [1.54, 1.807) is 0 Å². The Morgan fingerprint density at radius 2 is 1.71 bits per heavy atom. The fourth-order valence-corrected chi connectivity index (χ4v) is 4.57. The topological polar surface area (TPSA) is 32.3 Å². The Labute approximate surface area is 150 Å². The second-order valence-corrected chi connectivity index (χ2v) is 8.28. The summed E-state index contributed by atoms with van der Waals surface area (Å²) >= 11 is 6.05. The lowest BCUT2D eigenvalue weighted by Crippen LogP contribution is -2.48. The molecule has 0 bridgehead atoms. The number of carbonyl (C=O) groups excluding carboxylic acids is 1. The van der Waals surface area contributed by atoms with Gasteiger partial charge < -0.3 is 5.32 Å². The van der Waals surface area contributed by atoms with Crippen LogP contribution in [0.5, 0.6) is 0 Å². The molecule has 0 spiro atoms. The maximum Gasteiger partial charge on any atom is 0.242 e. The van der Waals surface area contributed by atoms with Gasteiger partial charge >= 0.3 is 0 Å². The summed E-state index contributed by atoms with van der Waals surface area (Å²) in [4.78, 5) is 15.5. The van der Waals surface area contributed by atoms with E-state index in [0.29, 0.717) is 22.9 Å². The Kier molecular flexibility index (Phi) is 5.83. The van der Waals surface area contributed by atoms with Crippen molar-refractivity contribution >= 4 is 17.5 Å². The van der Waals surface area contributed by atoms with Crippen LogP contribution in [0.4, 0.5) is 0 Å². The lowest BCUT2D eigenvalue weighted by molar-refractivity contribution is -0.128. The molecule has 1 amide bonds. The summed E-state index contributed by atoms with van der Waals surface area (Å²) in [6.45, 7) is 6.54. The molecule has 3 nitrogen and oxygen atoms in total. The molecule has 0 aromatic heterocycles. The van der Waals surface area contributed by atoms with E-state index in [9.17, 15) is 4.79 Å². The van der Waals surface area contributed by atoms with Crippen LogP contribution in [0.1, 0.15) is 57.6 Å². The Bertz CT molecular complexity index is 543. The van der Waals surface area contributed by atoms with Crippen LogP contribution in [-0.4, -0.2) is 29.9 Å². The Morgan fingerprint density at radius 1 is 1.12 bits per heavy atom. The number of nitrogens with zero attached hydrogens (tertiary/aromatic N) is 1. The number of halogens is 1. The van der Waals surface area contributed by atoms with Gasteiger partial charge in [0.2, 0.25) is 5.91 Å². The van der Waals surface area contributed by atoms with E-state index in [0.717, 1.165) is 31.5 Å². The molecule has 1 saturated heterocycles. The Morgan fingerprint density at radius 3 is 2.29 bits per heavy atom. The molecule has 132 valence electrons. The summed E-state index contributed by atoms with van der Waals surface area (Å²) in [6, 6.07) is 7.95. The highest BCUT2D eigenvalue weighted by Gasteiger charge is 2.34. The number of rotatable bonds is 4. The summed E-state index contributed by atoms with van der Waals surface area (Å²) in [5, 5.41) is 4.02. The number of benzene rings is 1. The SMILES string of the molecule is C[C@@H]1C[C@H](C)CN([C@@H](C(=O)NC2CCCC2)c2ccc(Cl)cc2)C1. The maximum atomic E-state index is 13.1. The Balaban J connectivity index is 1.82. The van der Waals surface area contributed by atoms with E-state index in [1.807, 2.05) is 24.3 Å². The fraction of sp³-hybridized carbons (Fsp3) is 0.650. The molecular formula is C20H29ClN2O. The minimum atomic E-state index is -0.201. The number of amides is 1. The van der Waals surface area contributed by atoms with Crippen LogP contribution in [0.25, 0.3) is 0 Å². The van der Waals surface area contributed by atoms with Gasteiger partial charge in [0.05, 0.1) is 0 Å². The number of nitrogens with one attached hydrogen (secondary N) is 1. The van der Waals surface area contributed by atoms with Crippen molar-refractivity contribution in [2.24, 2.45) is 11.8 Å². The monoisotopic (exact) mass is 348 g/mol. The third-order valence-electron chi connectivity index (χ3n) is 5.40. The van der Waals surface area contributed by atoms with Gasteiger partial charge in [0, 0.05) is 24.2 Å². The third kappa shape index (κ3) is 4.31. The molecule has 0 radical (unpaired) electrons. The standard InChI is InChI=1S/C20H29ClN2O/c1-14-11-15(2)13-23(12-14)19(16-7-9-17(21)10-8-16)20(24)22-18-5-3-4-6-18/h7-10,14-15,18-19H,3-6,11-13H2,1-2H3,(H,22,24)/t14-,15+,19-/m1/s1. The lowest BCUT2D eigenvalue weighted by Gasteiger charge is -2.40. The predicted molar refractivity (Wildman–Crippen MR) is 99.1 cm³/mol. The highest BCUT2D eigenvalue weighted by Crippen LogP contribution is 2.31. The predicted octanol–water partition coefficient (Wildman–Crippen LogP) is 4.42. The quantitative estimate of drug-likeness (QED) is 0.873. The number of carbonyl (C=O) groups is 1. The molecule has 1 aromatic carbocycles. The van der Waals surface area contributed by atoms with E-state index in [-0.39, 0.29) is 11.9 Å². The first-order valence-electron chi connectivity index (χ1n) is 9.33. The summed E-state index contributed by atoms with van der Waals surface area (Å²) < 4.78 is 0. The van der Waals surface area contributed by atoms with Crippen LogP contribution < -0.4 is 5.32 Å². The third-order valence-corrected chi connectivity index (χ3v) is 5.65. The van der Waals surface area contributed by atoms with E-state index >= 15 is 0 Å².